The van der Waals surface area contributed by atoms with E-state index in [1.807, 2.05) is 74.5 Å². The Kier molecular flexibility index (Phi) is 6.68. The number of ether oxygens (including phenoxy) is 2. The van der Waals surface area contributed by atoms with Crippen LogP contribution in [0.25, 0.3) is 0 Å². The lowest BCUT2D eigenvalue weighted by atomic mass is 10.0. The minimum atomic E-state index is -1.75. The second kappa shape index (κ2) is 9.52. The van der Waals surface area contributed by atoms with Crippen LogP contribution in [0, 0.1) is 0 Å². The number of esters is 1. The Morgan fingerprint density at radius 2 is 1.44 bits per heavy atom. The van der Waals surface area contributed by atoms with Gasteiger partial charge in [-0.3, -0.25) is 0 Å². The average Bonchev–Trinajstić information content (AvgIpc) is 3.31. The van der Waals surface area contributed by atoms with Gasteiger partial charge in [0.2, 0.25) is 17.5 Å². The van der Waals surface area contributed by atoms with Gasteiger partial charge in [-0.2, -0.15) is 0 Å². The van der Waals surface area contributed by atoms with Crippen LogP contribution < -0.4 is 5.73 Å². The summed E-state index contributed by atoms with van der Waals surface area (Å²) in [4.78, 5) is 13.7. The predicted octanol–water partition coefficient (Wildman–Crippen LogP) is 4.28. The predicted molar refractivity (Wildman–Crippen MR) is 128 cm³/mol. The fourth-order valence-electron chi connectivity index (χ4n) is 4.54. The Balaban J connectivity index is 1.72. The van der Waals surface area contributed by atoms with E-state index in [-0.39, 0.29) is 31.4 Å². The maximum Gasteiger partial charge on any atom is 0.360 e. The van der Waals surface area contributed by atoms with Gasteiger partial charge in [0, 0.05) is 23.0 Å². The van der Waals surface area contributed by atoms with E-state index in [1.165, 1.54) is 4.57 Å². The summed E-state index contributed by atoms with van der Waals surface area (Å²) in [5.41, 5.74) is 6.44. The van der Waals surface area contributed by atoms with Crippen LogP contribution in [0.2, 0.25) is 0 Å². The number of unbranched alkanes of at least 4 members (excludes halogenated alkanes) is 1. The third-order valence-electron chi connectivity index (χ3n) is 6.49. The summed E-state index contributed by atoms with van der Waals surface area (Å²) in [6.07, 6.45) is 1.37. The maximum absolute atomic E-state index is 13.7. The minimum absolute atomic E-state index is 0.0427. The van der Waals surface area contributed by atoms with Crippen molar-refractivity contribution in [1.29, 1.82) is 0 Å². The van der Waals surface area contributed by atoms with Crippen LogP contribution in [-0.4, -0.2) is 27.3 Å². The zero-order chi connectivity index (χ0) is 24.3. The number of benzene rings is 2. The highest BCUT2D eigenvalue weighted by Gasteiger charge is 2.57. The first kappa shape index (κ1) is 23.9. The smallest absolute Gasteiger partial charge is 0.360 e. The molecule has 0 aliphatic heterocycles. The number of nitrogens with zero attached hydrogens (tertiary/aromatic N) is 1. The van der Waals surface area contributed by atoms with E-state index in [2.05, 4.69) is 0 Å². The Morgan fingerprint density at radius 3 is 1.97 bits per heavy atom. The first-order valence-corrected chi connectivity index (χ1v) is 11.6. The van der Waals surface area contributed by atoms with E-state index in [1.54, 1.807) is 0 Å². The molecule has 1 aromatic heterocycles. The van der Waals surface area contributed by atoms with Crippen LogP contribution in [0.4, 0.5) is 0 Å². The second-order valence-corrected chi connectivity index (χ2v) is 9.22. The molecule has 7 heteroatoms. The van der Waals surface area contributed by atoms with E-state index < -0.39 is 17.1 Å². The van der Waals surface area contributed by atoms with Gasteiger partial charge in [0.15, 0.2) is 0 Å². The Bertz CT molecular complexity index is 1110. The second-order valence-electron chi connectivity index (χ2n) is 9.22. The van der Waals surface area contributed by atoms with Crippen molar-refractivity contribution in [3.8, 4) is 11.8 Å². The zero-order valence-corrected chi connectivity index (χ0v) is 19.7. The van der Waals surface area contributed by atoms with Gasteiger partial charge in [0.25, 0.3) is 0 Å². The highest BCUT2D eigenvalue weighted by Crippen LogP contribution is 2.62. The van der Waals surface area contributed by atoms with Crippen LogP contribution in [-0.2, 0) is 38.6 Å². The van der Waals surface area contributed by atoms with Crippen molar-refractivity contribution < 1.29 is 24.5 Å². The third kappa shape index (κ3) is 4.29. The molecule has 3 aromatic rings. The average molecular weight is 465 g/mol. The van der Waals surface area contributed by atoms with Crippen molar-refractivity contribution in [2.75, 3.05) is 6.54 Å². The molecule has 0 radical (unpaired) electrons. The summed E-state index contributed by atoms with van der Waals surface area (Å²) in [5.74, 6) is -1.02. The molecule has 4 N–H and O–H groups in total. The number of aromatic hydroxyl groups is 2. The molecule has 0 saturated heterocycles. The lowest BCUT2D eigenvalue weighted by Crippen LogP contribution is -2.46. The summed E-state index contributed by atoms with van der Waals surface area (Å²) < 4.78 is 13.2. The van der Waals surface area contributed by atoms with Gasteiger partial charge in [0.1, 0.15) is 6.61 Å². The number of fused-ring (bicyclic) bond motifs is 1. The number of aromatic nitrogens is 1. The highest BCUT2D eigenvalue weighted by atomic mass is 16.6. The number of carbonyl (C=O) groups excluding carboxylic acids is 1. The van der Waals surface area contributed by atoms with Gasteiger partial charge in [0.05, 0.1) is 6.61 Å². The molecule has 1 atom stereocenters. The Labute approximate surface area is 199 Å². The summed E-state index contributed by atoms with van der Waals surface area (Å²) in [6.45, 7) is 4.41. The lowest BCUT2D eigenvalue weighted by Gasteiger charge is -2.35. The molecular formula is C27H32N2O5. The van der Waals surface area contributed by atoms with Crippen molar-refractivity contribution >= 4 is 5.97 Å². The molecule has 0 bridgehead atoms. The first-order chi connectivity index (χ1) is 16.3. The molecule has 34 heavy (non-hydrogen) atoms. The quantitative estimate of drug-likeness (QED) is 0.289. The van der Waals surface area contributed by atoms with Gasteiger partial charge in [-0.05, 0) is 30.5 Å². The molecule has 0 fully saturated rings. The van der Waals surface area contributed by atoms with Crippen LogP contribution in [0.15, 0.2) is 60.7 Å². The third-order valence-corrected chi connectivity index (χ3v) is 6.49. The van der Waals surface area contributed by atoms with Crippen LogP contribution in [0.1, 0.15) is 55.4 Å². The largest absolute Gasteiger partial charge is 0.494 e. The van der Waals surface area contributed by atoms with Gasteiger partial charge in [-0.15, -0.1) is 0 Å². The van der Waals surface area contributed by atoms with E-state index in [0.29, 0.717) is 30.5 Å². The standard InChI is InChI=1S/C27H32N2O5/c1-26(2)21-22(26)24(31)29(23(21)30)27(15-9-10-16-28,34-18-20-13-7-4-8-14-20)25(32)33-17-19-11-5-3-6-12-19/h3-8,11-14,30-31H,9-10,15-18,28H2,1-2H3/t27-/m1/s1. The van der Waals surface area contributed by atoms with Crippen LogP contribution in [0.3, 0.4) is 0 Å². The molecule has 0 amide bonds. The zero-order valence-electron chi connectivity index (χ0n) is 19.7. The molecule has 4 rings (SSSR count). The summed E-state index contributed by atoms with van der Waals surface area (Å²) >= 11 is 0. The van der Waals surface area contributed by atoms with Crippen molar-refractivity contribution in [2.24, 2.45) is 5.73 Å². The number of nitrogens with two attached hydrogens (primary N) is 1. The molecule has 1 heterocycles. The molecule has 180 valence electrons. The van der Waals surface area contributed by atoms with Gasteiger partial charge in [-0.25, -0.2) is 9.36 Å². The van der Waals surface area contributed by atoms with E-state index >= 15 is 0 Å². The highest BCUT2D eigenvalue weighted by molar-refractivity contribution is 5.80. The van der Waals surface area contributed by atoms with E-state index in [9.17, 15) is 15.0 Å². The molecule has 0 unspecified atom stereocenters. The summed E-state index contributed by atoms with van der Waals surface area (Å²) in [7, 11) is 0. The van der Waals surface area contributed by atoms with Gasteiger partial charge >= 0.3 is 5.97 Å². The van der Waals surface area contributed by atoms with Crippen LogP contribution in [0.5, 0.6) is 11.8 Å². The monoisotopic (exact) mass is 464 g/mol. The summed E-state index contributed by atoms with van der Waals surface area (Å²) in [5, 5.41) is 22.2. The molecule has 2 aromatic carbocycles. The van der Waals surface area contributed by atoms with Gasteiger partial charge in [-0.1, -0.05) is 74.5 Å². The van der Waals surface area contributed by atoms with Crippen molar-refractivity contribution in [3.63, 3.8) is 0 Å². The van der Waals surface area contributed by atoms with Crippen molar-refractivity contribution in [3.05, 3.63) is 82.9 Å². The topological polar surface area (TPSA) is 107 Å². The number of rotatable bonds is 11. The van der Waals surface area contributed by atoms with Crippen molar-refractivity contribution in [2.45, 2.75) is 57.5 Å². The van der Waals surface area contributed by atoms with E-state index in [4.69, 9.17) is 15.2 Å². The lowest BCUT2D eigenvalue weighted by molar-refractivity contribution is -0.198. The van der Waals surface area contributed by atoms with E-state index in [0.717, 1.165) is 11.1 Å². The summed E-state index contributed by atoms with van der Waals surface area (Å²) in [6, 6.07) is 18.8. The molecule has 0 spiro atoms. The fraction of sp³-hybridized carbons (Fsp3) is 0.370. The number of hydrogen-bond acceptors (Lipinski definition) is 6. The maximum atomic E-state index is 13.7. The van der Waals surface area contributed by atoms with Crippen LogP contribution >= 0.6 is 0 Å². The number of carbonyl (C=O) groups is 1. The molecule has 1 aliphatic rings. The number of hydrogen-bond donors (Lipinski definition) is 3. The fourth-order valence-corrected chi connectivity index (χ4v) is 4.54. The first-order valence-electron chi connectivity index (χ1n) is 11.6. The normalized spacial score (nSPS) is 15.4. The molecule has 1 aliphatic carbocycles. The molecule has 7 nitrogen and oxygen atoms in total. The van der Waals surface area contributed by atoms with Crippen molar-refractivity contribution in [1.82, 2.24) is 4.57 Å². The Hall–Kier alpha value is -3.29. The molecule has 0 saturated carbocycles. The molecular weight excluding hydrogens is 432 g/mol. The minimum Gasteiger partial charge on any atom is -0.494 e. The SMILES string of the molecule is CC1(C)c2c1c(O)n([C@](CCCCN)(OCc1ccccc1)C(=O)OCc1ccccc1)c2O. The van der Waals surface area contributed by atoms with Gasteiger partial charge < -0.3 is 25.4 Å². The Morgan fingerprint density at radius 1 is 0.912 bits per heavy atom.